The quantitative estimate of drug-likeness (QED) is 0.804. The number of anilines is 1. The number of urea groups is 1. The molecule has 2 amide bonds. The molecule has 6 nitrogen and oxygen atoms in total. The van der Waals surface area contributed by atoms with Crippen molar-refractivity contribution in [1.29, 1.82) is 0 Å². The fourth-order valence-electron chi connectivity index (χ4n) is 2.99. The van der Waals surface area contributed by atoms with Crippen LogP contribution in [0.1, 0.15) is 32.1 Å². The van der Waals surface area contributed by atoms with Gasteiger partial charge in [-0.3, -0.25) is 0 Å². The van der Waals surface area contributed by atoms with E-state index >= 15 is 0 Å². The van der Waals surface area contributed by atoms with Crippen molar-refractivity contribution < 1.29 is 19.0 Å². The lowest BCUT2D eigenvalue weighted by molar-refractivity contribution is 0.0679. The van der Waals surface area contributed by atoms with Gasteiger partial charge >= 0.3 is 6.03 Å². The van der Waals surface area contributed by atoms with E-state index in [9.17, 15) is 4.79 Å². The number of hydrogen-bond acceptors (Lipinski definition) is 4. The number of carbonyl (C=O) groups is 1. The molecule has 2 aliphatic heterocycles. The number of hydrogen-bond donors (Lipinski definition) is 2. The van der Waals surface area contributed by atoms with Crippen LogP contribution < -0.4 is 15.4 Å². The van der Waals surface area contributed by atoms with Gasteiger partial charge in [0.05, 0.1) is 12.2 Å². The molecule has 1 aromatic carbocycles. The predicted molar refractivity (Wildman–Crippen MR) is 91.5 cm³/mol. The second kappa shape index (κ2) is 8.89. The maximum Gasteiger partial charge on any atom is 0.319 e. The van der Waals surface area contributed by atoms with Gasteiger partial charge in [-0.25, -0.2) is 4.79 Å². The lowest BCUT2D eigenvalue weighted by Gasteiger charge is -2.13. The topological polar surface area (TPSA) is 68.8 Å². The van der Waals surface area contributed by atoms with Gasteiger partial charge in [-0.15, -0.1) is 0 Å². The van der Waals surface area contributed by atoms with Gasteiger partial charge in [0.25, 0.3) is 0 Å². The van der Waals surface area contributed by atoms with Gasteiger partial charge in [0.1, 0.15) is 12.4 Å². The summed E-state index contributed by atoms with van der Waals surface area (Å²) in [7, 11) is 0. The van der Waals surface area contributed by atoms with Crippen LogP contribution in [0.3, 0.4) is 0 Å². The first-order valence-corrected chi connectivity index (χ1v) is 8.80. The third kappa shape index (κ3) is 5.39. The van der Waals surface area contributed by atoms with Crippen molar-refractivity contribution in [3.8, 4) is 5.75 Å². The van der Waals surface area contributed by atoms with Crippen LogP contribution in [0.25, 0.3) is 0 Å². The summed E-state index contributed by atoms with van der Waals surface area (Å²) in [6, 6.07) is 7.20. The Morgan fingerprint density at radius 1 is 1.08 bits per heavy atom. The van der Waals surface area contributed by atoms with Crippen LogP contribution >= 0.6 is 0 Å². The Kier molecular flexibility index (Phi) is 6.32. The molecule has 2 saturated heterocycles. The maximum atomic E-state index is 11.9. The SMILES string of the molecule is O=C(NCC[C@@H]1CCCO1)Nc1ccc(OC[C@@H]2CCCO2)cc1. The predicted octanol–water partition coefficient (Wildman–Crippen LogP) is 2.94. The fourth-order valence-corrected chi connectivity index (χ4v) is 2.99. The molecular formula is C18H26N2O4. The van der Waals surface area contributed by atoms with Crippen molar-refractivity contribution in [1.82, 2.24) is 5.32 Å². The molecular weight excluding hydrogens is 308 g/mol. The molecule has 2 aliphatic rings. The van der Waals surface area contributed by atoms with E-state index in [0.717, 1.165) is 56.8 Å². The number of rotatable bonds is 7. The molecule has 0 aromatic heterocycles. The van der Waals surface area contributed by atoms with Crippen LogP contribution in [0.15, 0.2) is 24.3 Å². The zero-order chi connectivity index (χ0) is 16.6. The summed E-state index contributed by atoms with van der Waals surface area (Å²) in [5, 5.41) is 5.68. The molecule has 0 bridgehead atoms. The van der Waals surface area contributed by atoms with Gasteiger partial charge < -0.3 is 24.8 Å². The zero-order valence-electron chi connectivity index (χ0n) is 14.0. The van der Waals surface area contributed by atoms with E-state index in [0.29, 0.717) is 19.3 Å². The summed E-state index contributed by atoms with van der Waals surface area (Å²) in [5.74, 6) is 0.787. The van der Waals surface area contributed by atoms with Crippen molar-refractivity contribution in [3.63, 3.8) is 0 Å². The monoisotopic (exact) mass is 334 g/mol. The Morgan fingerprint density at radius 3 is 2.46 bits per heavy atom. The highest BCUT2D eigenvalue weighted by molar-refractivity contribution is 5.89. The van der Waals surface area contributed by atoms with Gasteiger partial charge in [0.2, 0.25) is 0 Å². The first kappa shape index (κ1) is 17.0. The fraction of sp³-hybridized carbons (Fsp3) is 0.611. The van der Waals surface area contributed by atoms with Gasteiger partial charge in [0, 0.05) is 25.4 Å². The van der Waals surface area contributed by atoms with E-state index in [-0.39, 0.29) is 12.1 Å². The molecule has 2 atom stereocenters. The summed E-state index contributed by atoms with van der Waals surface area (Å²) in [4.78, 5) is 11.9. The largest absolute Gasteiger partial charge is 0.491 e. The summed E-state index contributed by atoms with van der Waals surface area (Å²) in [5.41, 5.74) is 0.745. The second-order valence-corrected chi connectivity index (χ2v) is 6.28. The van der Waals surface area contributed by atoms with Crippen LogP contribution in [-0.4, -0.2) is 44.6 Å². The summed E-state index contributed by atoms with van der Waals surface area (Å²) in [6.07, 6.45) is 5.76. The van der Waals surface area contributed by atoms with Crippen molar-refractivity contribution in [3.05, 3.63) is 24.3 Å². The Bertz CT molecular complexity index is 508. The number of nitrogens with one attached hydrogen (secondary N) is 2. The highest BCUT2D eigenvalue weighted by Gasteiger charge is 2.16. The Morgan fingerprint density at radius 2 is 1.79 bits per heavy atom. The van der Waals surface area contributed by atoms with Crippen LogP contribution in [0.4, 0.5) is 10.5 Å². The second-order valence-electron chi connectivity index (χ2n) is 6.28. The minimum atomic E-state index is -0.193. The Hall–Kier alpha value is -1.79. The van der Waals surface area contributed by atoms with E-state index in [1.54, 1.807) is 0 Å². The molecule has 132 valence electrons. The number of ether oxygens (including phenoxy) is 3. The Labute approximate surface area is 142 Å². The van der Waals surface area contributed by atoms with Crippen LogP contribution in [0.5, 0.6) is 5.75 Å². The lowest BCUT2D eigenvalue weighted by atomic mass is 10.2. The molecule has 0 radical (unpaired) electrons. The molecule has 2 N–H and O–H groups in total. The molecule has 0 unspecified atom stereocenters. The molecule has 2 heterocycles. The van der Waals surface area contributed by atoms with E-state index in [1.807, 2.05) is 24.3 Å². The van der Waals surface area contributed by atoms with E-state index in [2.05, 4.69) is 10.6 Å². The third-order valence-electron chi connectivity index (χ3n) is 4.35. The van der Waals surface area contributed by atoms with Crippen LogP contribution in [0, 0.1) is 0 Å². The highest BCUT2D eigenvalue weighted by Crippen LogP contribution is 2.18. The minimum absolute atomic E-state index is 0.193. The lowest BCUT2D eigenvalue weighted by Crippen LogP contribution is -2.31. The third-order valence-corrected chi connectivity index (χ3v) is 4.35. The molecule has 1 aromatic rings. The highest BCUT2D eigenvalue weighted by atomic mass is 16.5. The molecule has 0 saturated carbocycles. The average Bonchev–Trinajstić information content (AvgIpc) is 3.28. The molecule has 24 heavy (non-hydrogen) atoms. The molecule has 6 heteroatoms. The normalized spacial score (nSPS) is 23.2. The number of amides is 2. The first-order chi connectivity index (χ1) is 11.8. The maximum absolute atomic E-state index is 11.9. The summed E-state index contributed by atoms with van der Waals surface area (Å²) in [6.45, 7) is 2.88. The molecule has 3 rings (SSSR count). The molecule has 0 aliphatic carbocycles. The minimum Gasteiger partial charge on any atom is -0.491 e. The van der Waals surface area contributed by atoms with Gasteiger partial charge in [-0.1, -0.05) is 0 Å². The van der Waals surface area contributed by atoms with Gasteiger partial charge in [-0.2, -0.15) is 0 Å². The molecule has 2 fully saturated rings. The first-order valence-electron chi connectivity index (χ1n) is 8.80. The summed E-state index contributed by atoms with van der Waals surface area (Å²) < 4.78 is 16.8. The molecule has 0 spiro atoms. The van der Waals surface area contributed by atoms with Crippen LogP contribution in [0.2, 0.25) is 0 Å². The van der Waals surface area contributed by atoms with Crippen molar-refractivity contribution in [2.24, 2.45) is 0 Å². The zero-order valence-corrected chi connectivity index (χ0v) is 14.0. The van der Waals surface area contributed by atoms with Crippen LogP contribution in [-0.2, 0) is 9.47 Å². The smallest absolute Gasteiger partial charge is 0.319 e. The van der Waals surface area contributed by atoms with E-state index in [1.165, 1.54) is 0 Å². The van der Waals surface area contributed by atoms with Gasteiger partial charge in [0.15, 0.2) is 0 Å². The van der Waals surface area contributed by atoms with E-state index in [4.69, 9.17) is 14.2 Å². The standard InChI is InChI=1S/C18H26N2O4/c21-18(19-10-9-15-3-1-11-22-15)20-14-5-7-16(8-6-14)24-13-17-4-2-12-23-17/h5-8,15,17H,1-4,9-13H2,(H2,19,20,21)/t15-,17-/m0/s1. The van der Waals surface area contributed by atoms with Gasteiger partial charge in [-0.05, 0) is 56.4 Å². The summed E-state index contributed by atoms with van der Waals surface area (Å²) >= 11 is 0. The Balaban J connectivity index is 1.34. The number of carbonyl (C=O) groups excluding carboxylic acids is 1. The number of benzene rings is 1. The van der Waals surface area contributed by atoms with Crippen molar-refractivity contribution in [2.45, 2.75) is 44.3 Å². The van der Waals surface area contributed by atoms with Crippen molar-refractivity contribution >= 4 is 11.7 Å². The van der Waals surface area contributed by atoms with Crippen molar-refractivity contribution in [2.75, 3.05) is 31.7 Å². The average molecular weight is 334 g/mol. The van der Waals surface area contributed by atoms with E-state index < -0.39 is 0 Å².